The molecule has 226 valence electrons. The minimum absolute atomic E-state index is 0.619. The van der Waals surface area contributed by atoms with Gasteiger partial charge in [0.15, 0.2) is 0 Å². The van der Waals surface area contributed by atoms with Crippen molar-refractivity contribution in [1.29, 1.82) is 0 Å². The lowest BCUT2D eigenvalue weighted by atomic mass is 9.95. The van der Waals surface area contributed by atoms with Gasteiger partial charge in [0, 0.05) is 32.0 Å². The van der Waals surface area contributed by atoms with Crippen LogP contribution in [-0.2, 0) is 6.54 Å². The third-order valence-corrected chi connectivity index (χ3v) is 8.22. The predicted molar refractivity (Wildman–Crippen MR) is 177 cm³/mol. The molecule has 1 aliphatic carbocycles. The van der Waals surface area contributed by atoms with Crippen molar-refractivity contribution >= 4 is 5.71 Å². The van der Waals surface area contributed by atoms with Crippen LogP contribution in [0.15, 0.2) is 58.8 Å². The molecule has 0 N–H and O–H groups in total. The Morgan fingerprint density at radius 2 is 1.02 bits per heavy atom. The minimum atomic E-state index is 0.619. The van der Waals surface area contributed by atoms with Gasteiger partial charge in [-0.3, -0.25) is 9.98 Å². The number of hydrogen-bond acceptors (Lipinski definition) is 2. The quantitative estimate of drug-likeness (QED) is 0.109. The molecule has 0 unspecified atom stereocenters. The second kappa shape index (κ2) is 24.9. The molecule has 0 amide bonds. The SMILES string of the molecule is CCCCCCCCN=C1C=CC(CCCCCCCCCCn2ccc(=NCCCCCCCC)cc2)C=C1. The molecule has 40 heavy (non-hydrogen) atoms. The fourth-order valence-corrected chi connectivity index (χ4v) is 5.50. The lowest BCUT2D eigenvalue weighted by molar-refractivity contribution is 0.527. The summed E-state index contributed by atoms with van der Waals surface area (Å²) in [5.41, 5.74) is 1.18. The van der Waals surface area contributed by atoms with Crippen molar-refractivity contribution in [3.8, 4) is 0 Å². The van der Waals surface area contributed by atoms with Crippen LogP contribution in [0.4, 0.5) is 0 Å². The monoisotopic (exact) mass is 550 g/mol. The van der Waals surface area contributed by atoms with Gasteiger partial charge in [-0.2, -0.15) is 0 Å². The molecule has 1 aromatic rings. The van der Waals surface area contributed by atoms with Crippen LogP contribution in [0.5, 0.6) is 0 Å². The standard InChI is InChI=1S/C37H63N3/c1-3-5-7-9-16-20-30-38-36-26-24-35(25-27-36)23-19-15-13-11-12-14-18-22-32-40-33-28-37(29-34-40)39-31-21-17-10-8-6-4-2/h24-29,33-35H,3-23,30-32H2,1-2H3. The average molecular weight is 550 g/mol. The van der Waals surface area contributed by atoms with Crippen molar-refractivity contribution in [2.75, 3.05) is 13.1 Å². The van der Waals surface area contributed by atoms with Gasteiger partial charge in [-0.25, -0.2) is 0 Å². The zero-order valence-corrected chi connectivity index (χ0v) is 26.5. The predicted octanol–water partition coefficient (Wildman–Crippen LogP) is 10.8. The smallest absolute Gasteiger partial charge is 0.0603 e. The number of nitrogens with zero attached hydrogens (tertiary/aromatic N) is 3. The summed E-state index contributed by atoms with van der Waals surface area (Å²) in [6, 6.07) is 4.36. The number of allylic oxidation sites excluding steroid dienone is 4. The van der Waals surface area contributed by atoms with Gasteiger partial charge in [0.2, 0.25) is 0 Å². The molecule has 0 aromatic carbocycles. The van der Waals surface area contributed by atoms with Crippen LogP contribution in [-0.4, -0.2) is 23.4 Å². The second-order valence-electron chi connectivity index (χ2n) is 12.0. The van der Waals surface area contributed by atoms with E-state index in [4.69, 9.17) is 9.98 Å². The third kappa shape index (κ3) is 18.4. The summed E-state index contributed by atoms with van der Waals surface area (Å²) in [5, 5.41) is 1.14. The highest BCUT2D eigenvalue weighted by molar-refractivity contribution is 6.04. The van der Waals surface area contributed by atoms with Crippen LogP contribution in [0.1, 0.15) is 149 Å². The Bertz CT molecular complexity index is 839. The van der Waals surface area contributed by atoms with Crippen LogP contribution in [0.3, 0.4) is 0 Å². The van der Waals surface area contributed by atoms with E-state index in [1.54, 1.807) is 0 Å². The van der Waals surface area contributed by atoms with E-state index in [0.29, 0.717) is 5.92 Å². The van der Waals surface area contributed by atoms with Crippen LogP contribution < -0.4 is 5.36 Å². The summed E-state index contributed by atoms with van der Waals surface area (Å²) in [6.45, 7) is 7.64. The Balaban J connectivity index is 1.39. The van der Waals surface area contributed by atoms with E-state index in [1.165, 1.54) is 141 Å². The Morgan fingerprint density at radius 3 is 1.60 bits per heavy atom. The summed E-state index contributed by atoms with van der Waals surface area (Å²) in [4.78, 5) is 9.51. The molecule has 0 radical (unpaired) electrons. The largest absolute Gasteiger partial charge is 0.354 e. The van der Waals surface area contributed by atoms with Crippen molar-refractivity contribution in [3.05, 3.63) is 54.2 Å². The van der Waals surface area contributed by atoms with Crippen molar-refractivity contribution in [2.45, 2.75) is 155 Å². The second-order valence-corrected chi connectivity index (χ2v) is 12.0. The van der Waals surface area contributed by atoms with E-state index in [2.05, 4.69) is 67.2 Å². The van der Waals surface area contributed by atoms with E-state index in [1.807, 2.05) is 0 Å². The molecular weight excluding hydrogens is 486 g/mol. The molecular formula is C37H63N3. The van der Waals surface area contributed by atoms with E-state index in [-0.39, 0.29) is 0 Å². The molecule has 2 rings (SSSR count). The van der Waals surface area contributed by atoms with Crippen molar-refractivity contribution in [1.82, 2.24) is 4.57 Å². The molecule has 3 nitrogen and oxygen atoms in total. The van der Waals surface area contributed by atoms with Crippen LogP contribution in [0.2, 0.25) is 0 Å². The highest BCUT2D eigenvalue weighted by Gasteiger charge is 2.05. The molecule has 0 saturated heterocycles. The summed E-state index contributed by atoms with van der Waals surface area (Å²) < 4.78 is 2.32. The molecule has 1 heterocycles. The lowest BCUT2D eigenvalue weighted by Crippen LogP contribution is -2.06. The summed E-state index contributed by atoms with van der Waals surface area (Å²) in [7, 11) is 0. The first-order valence-corrected chi connectivity index (χ1v) is 17.4. The Hall–Kier alpha value is -1.90. The Morgan fingerprint density at radius 1 is 0.550 bits per heavy atom. The van der Waals surface area contributed by atoms with Crippen molar-refractivity contribution < 1.29 is 0 Å². The van der Waals surface area contributed by atoms with Gasteiger partial charge in [-0.15, -0.1) is 0 Å². The first-order valence-electron chi connectivity index (χ1n) is 17.4. The zero-order chi connectivity index (χ0) is 28.4. The molecule has 0 aliphatic heterocycles. The summed E-state index contributed by atoms with van der Waals surface area (Å²) in [6.07, 6.45) is 41.9. The van der Waals surface area contributed by atoms with Crippen LogP contribution in [0.25, 0.3) is 0 Å². The number of pyridine rings is 1. The molecule has 0 fully saturated rings. The fourth-order valence-electron chi connectivity index (χ4n) is 5.50. The van der Waals surface area contributed by atoms with Gasteiger partial charge in [0.05, 0.1) is 11.1 Å². The lowest BCUT2D eigenvalue weighted by Gasteiger charge is -2.12. The van der Waals surface area contributed by atoms with Gasteiger partial charge in [-0.05, 0) is 55.9 Å². The summed E-state index contributed by atoms with van der Waals surface area (Å²) >= 11 is 0. The molecule has 1 aliphatic rings. The van der Waals surface area contributed by atoms with Gasteiger partial charge in [0.25, 0.3) is 0 Å². The van der Waals surface area contributed by atoms with Gasteiger partial charge in [0.1, 0.15) is 0 Å². The van der Waals surface area contributed by atoms with E-state index in [0.717, 1.165) is 25.0 Å². The molecule has 1 aromatic heterocycles. The van der Waals surface area contributed by atoms with Crippen LogP contribution in [0, 0.1) is 5.92 Å². The number of rotatable bonds is 25. The average Bonchev–Trinajstić information content (AvgIpc) is 2.98. The Labute approximate surface area is 248 Å². The fraction of sp³-hybridized carbons (Fsp3) is 0.730. The number of unbranched alkanes of at least 4 members (excludes halogenated alkanes) is 17. The first-order chi connectivity index (χ1) is 19.8. The number of aliphatic imine (C=N–C) groups is 1. The van der Waals surface area contributed by atoms with Crippen molar-refractivity contribution in [3.63, 3.8) is 0 Å². The topological polar surface area (TPSA) is 29.6 Å². The molecule has 3 heteroatoms. The maximum absolute atomic E-state index is 4.77. The zero-order valence-electron chi connectivity index (χ0n) is 26.5. The molecule has 0 spiro atoms. The maximum atomic E-state index is 4.77. The molecule has 0 atom stereocenters. The normalized spacial score (nSPS) is 14.7. The Kier molecular flexibility index (Phi) is 21.3. The first kappa shape index (κ1) is 34.3. The van der Waals surface area contributed by atoms with E-state index < -0.39 is 0 Å². The molecule has 0 saturated carbocycles. The summed E-state index contributed by atoms with van der Waals surface area (Å²) in [5.74, 6) is 0.619. The van der Waals surface area contributed by atoms with Gasteiger partial charge >= 0.3 is 0 Å². The highest BCUT2D eigenvalue weighted by atomic mass is 14.9. The van der Waals surface area contributed by atoms with Crippen molar-refractivity contribution in [2.24, 2.45) is 15.9 Å². The van der Waals surface area contributed by atoms with Crippen LogP contribution >= 0.6 is 0 Å². The number of aryl methyl sites for hydroxylation is 1. The minimum Gasteiger partial charge on any atom is -0.354 e. The number of aromatic nitrogens is 1. The van der Waals surface area contributed by atoms with E-state index >= 15 is 0 Å². The van der Waals surface area contributed by atoms with E-state index in [9.17, 15) is 0 Å². The highest BCUT2D eigenvalue weighted by Crippen LogP contribution is 2.18. The third-order valence-electron chi connectivity index (χ3n) is 8.22. The van der Waals surface area contributed by atoms with Gasteiger partial charge < -0.3 is 4.57 Å². The molecule has 0 bridgehead atoms. The number of hydrogen-bond donors (Lipinski definition) is 0. The van der Waals surface area contributed by atoms with Gasteiger partial charge in [-0.1, -0.05) is 135 Å². The maximum Gasteiger partial charge on any atom is 0.0603 e.